The zero-order chi connectivity index (χ0) is 17.3. The lowest BCUT2D eigenvalue weighted by molar-refractivity contribution is 0.102. The van der Waals surface area contributed by atoms with Crippen molar-refractivity contribution < 1.29 is 14.7 Å². The Morgan fingerprint density at radius 3 is 2.50 bits per heavy atom. The molecule has 2 aromatic carbocycles. The molecule has 0 aromatic heterocycles. The van der Waals surface area contributed by atoms with E-state index >= 15 is 0 Å². The Labute approximate surface area is 140 Å². The average Bonchev–Trinajstić information content (AvgIpc) is 2.56. The summed E-state index contributed by atoms with van der Waals surface area (Å²) in [4.78, 5) is 24.9. The highest BCUT2D eigenvalue weighted by Gasteiger charge is 2.33. The third-order valence-electron chi connectivity index (χ3n) is 4.04. The third kappa shape index (κ3) is 2.88. The molecule has 0 spiro atoms. The Morgan fingerprint density at radius 2 is 1.79 bits per heavy atom. The maximum absolute atomic E-state index is 13.0. The van der Waals surface area contributed by atoms with E-state index in [9.17, 15) is 14.7 Å². The van der Waals surface area contributed by atoms with Crippen LogP contribution >= 0.6 is 0 Å². The number of hydrogen-bond donors (Lipinski definition) is 3. The summed E-state index contributed by atoms with van der Waals surface area (Å²) in [6, 6.07) is 12.9. The van der Waals surface area contributed by atoms with Crippen LogP contribution in [0.3, 0.4) is 0 Å². The summed E-state index contributed by atoms with van der Waals surface area (Å²) >= 11 is 0. The van der Waals surface area contributed by atoms with Crippen molar-refractivity contribution in [2.45, 2.75) is 19.9 Å². The minimum absolute atomic E-state index is 0.0407. The highest BCUT2D eigenvalue weighted by atomic mass is 16.3. The summed E-state index contributed by atoms with van der Waals surface area (Å²) in [5.41, 5.74) is 2.87. The fourth-order valence-corrected chi connectivity index (χ4v) is 2.88. The molecule has 0 fully saturated rings. The first-order chi connectivity index (χ1) is 11.5. The van der Waals surface area contributed by atoms with Crippen molar-refractivity contribution >= 4 is 11.8 Å². The van der Waals surface area contributed by atoms with Gasteiger partial charge in [-0.05, 0) is 26.0 Å². The standard InChI is InChI=1S/C19H18N2O3/c1-11-8-9-15(22)14(10-11)17-16(12(2)20-19(24)21-17)18(23)13-6-4-3-5-7-13/h3-10,17,22H,1-2H3,(H2,20,21,24). The number of ketones is 1. The summed E-state index contributed by atoms with van der Waals surface area (Å²) in [6.07, 6.45) is 0. The van der Waals surface area contributed by atoms with Gasteiger partial charge in [0, 0.05) is 22.4 Å². The van der Waals surface area contributed by atoms with Crippen LogP contribution in [-0.4, -0.2) is 16.9 Å². The van der Waals surface area contributed by atoms with Gasteiger partial charge in [0.05, 0.1) is 6.04 Å². The monoisotopic (exact) mass is 322 g/mol. The molecule has 5 heteroatoms. The molecule has 2 aromatic rings. The van der Waals surface area contributed by atoms with Crippen molar-refractivity contribution in [2.24, 2.45) is 0 Å². The van der Waals surface area contributed by atoms with E-state index in [4.69, 9.17) is 0 Å². The predicted octanol–water partition coefficient (Wildman–Crippen LogP) is 3.21. The van der Waals surface area contributed by atoms with Gasteiger partial charge in [-0.15, -0.1) is 0 Å². The zero-order valence-corrected chi connectivity index (χ0v) is 13.5. The Bertz CT molecular complexity index is 841. The number of phenolic OH excluding ortho intramolecular Hbond substituents is 1. The van der Waals surface area contributed by atoms with E-state index in [0.717, 1.165) is 5.56 Å². The quantitative estimate of drug-likeness (QED) is 0.759. The van der Waals surface area contributed by atoms with E-state index in [2.05, 4.69) is 10.6 Å². The molecule has 1 unspecified atom stereocenters. The Hall–Kier alpha value is -3.08. The molecule has 3 rings (SSSR count). The van der Waals surface area contributed by atoms with Gasteiger partial charge in [-0.25, -0.2) is 4.79 Å². The minimum atomic E-state index is -0.702. The molecular formula is C19H18N2O3. The fraction of sp³-hybridized carbons (Fsp3) is 0.158. The van der Waals surface area contributed by atoms with Crippen LogP contribution < -0.4 is 10.6 Å². The van der Waals surface area contributed by atoms with Crippen molar-refractivity contribution in [3.8, 4) is 5.75 Å². The molecule has 1 atom stereocenters. The van der Waals surface area contributed by atoms with Gasteiger partial charge in [0.15, 0.2) is 5.78 Å². The topological polar surface area (TPSA) is 78.4 Å². The lowest BCUT2D eigenvalue weighted by atomic mass is 9.88. The van der Waals surface area contributed by atoms with Crippen molar-refractivity contribution in [2.75, 3.05) is 0 Å². The van der Waals surface area contributed by atoms with Gasteiger partial charge in [0.2, 0.25) is 0 Å². The van der Waals surface area contributed by atoms with Crippen LogP contribution in [0.1, 0.15) is 34.5 Å². The van der Waals surface area contributed by atoms with E-state index in [1.807, 2.05) is 13.0 Å². The molecule has 1 aliphatic rings. The van der Waals surface area contributed by atoms with Crippen LogP contribution in [0.15, 0.2) is 59.8 Å². The van der Waals surface area contributed by atoms with E-state index in [0.29, 0.717) is 22.4 Å². The molecule has 24 heavy (non-hydrogen) atoms. The number of carbonyl (C=O) groups is 2. The average molecular weight is 322 g/mol. The minimum Gasteiger partial charge on any atom is -0.508 e. The number of rotatable bonds is 3. The first-order valence-corrected chi connectivity index (χ1v) is 7.65. The second kappa shape index (κ2) is 6.20. The van der Waals surface area contributed by atoms with E-state index < -0.39 is 12.1 Å². The molecule has 0 saturated heterocycles. The Kier molecular flexibility index (Phi) is 4.08. The van der Waals surface area contributed by atoms with Crippen LogP contribution in [-0.2, 0) is 0 Å². The number of Topliss-reactive ketones (excluding diaryl/α,β-unsaturated/α-hetero) is 1. The molecule has 122 valence electrons. The number of aryl methyl sites for hydroxylation is 1. The number of nitrogens with one attached hydrogen (secondary N) is 2. The number of phenols is 1. The lowest BCUT2D eigenvalue weighted by Crippen LogP contribution is -2.45. The van der Waals surface area contributed by atoms with Crippen molar-refractivity contribution in [1.29, 1.82) is 0 Å². The number of hydrogen-bond acceptors (Lipinski definition) is 3. The van der Waals surface area contributed by atoms with Gasteiger partial charge in [0.25, 0.3) is 0 Å². The lowest BCUT2D eigenvalue weighted by Gasteiger charge is -2.29. The molecule has 0 saturated carbocycles. The molecule has 3 N–H and O–H groups in total. The first kappa shape index (κ1) is 15.8. The van der Waals surface area contributed by atoms with E-state index in [-0.39, 0.29) is 11.5 Å². The maximum Gasteiger partial charge on any atom is 0.319 e. The molecule has 1 heterocycles. The smallest absolute Gasteiger partial charge is 0.319 e. The fourth-order valence-electron chi connectivity index (χ4n) is 2.88. The zero-order valence-electron chi connectivity index (χ0n) is 13.5. The van der Waals surface area contributed by atoms with Gasteiger partial charge in [0.1, 0.15) is 5.75 Å². The summed E-state index contributed by atoms with van der Waals surface area (Å²) in [7, 11) is 0. The van der Waals surface area contributed by atoms with Crippen LogP contribution in [0, 0.1) is 6.92 Å². The van der Waals surface area contributed by atoms with Gasteiger partial charge in [-0.3, -0.25) is 4.79 Å². The third-order valence-corrected chi connectivity index (χ3v) is 4.04. The number of allylic oxidation sites excluding steroid dienone is 1. The summed E-state index contributed by atoms with van der Waals surface area (Å²) < 4.78 is 0. The van der Waals surface area contributed by atoms with Crippen LogP contribution in [0.5, 0.6) is 5.75 Å². The van der Waals surface area contributed by atoms with E-state index in [1.54, 1.807) is 49.4 Å². The molecule has 0 bridgehead atoms. The summed E-state index contributed by atoms with van der Waals surface area (Å²) in [5, 5.41) is 15.6. The van der Waals surface area contributed by atoms with Gasteiger partial charge in [-0.2, -0.15) is 0 Å². The van der Waals surface area contributed by atoms with Crippen LogP contribution in [0.2, 0.25) is 0 Å². The second-order valence-corrected chi connectivity index (χ2v) is 5.83. The van der Waals surface area contributed by atoms with Gasteiger partial charge >= 0.3 is 6.03 Å². The van der Waals surface area contributed by atoms with Crippen molar-refractivity contribution in [3.63, 3.8) is 0 Å². The highest BCUT2D eigenvalue weighted by Crippen LogP contribution is 2.34. The Balaban J connectivity index is 2.12. The largest absolute Gasteiger partial charge is 0.508 e. The van der Waals surface area contributed by atoms with Gasteiger partial charge < -0.3 is 15.7 Å². The summed E-state index contributed by atoms with van der Waals surface area (Å²) in [6.45, 7) is 3.58. The predicted molar refractivity (Wildman–Crippen MR) is 90.7 cm³/mol. The number of amides is 2. The normalized spacial score (nSPS) is 17.2. The number of carbonyl (C=O) groups excluding carboxylic acids is 2. The molecule has 1 aliphatic heterocycles. The number of benzene rings is 2. The van der Waals surface area contributed by atoms with Crippen molar-refractivity contribution in [3.05, 3.63) is 76.5 Å². The number of urea groups is 1. The number of aromatic hydroxyl groups is 1. The molecule has 0 radical (unpaired) electrons. The summed E-state index contributed by atoms with van der Waals surface area (Å²) in [5.74, 6) is -0.148. The van der Waals surface area contributed by atoms with Crippen LogP contribution in [0.25, 0.3) is 0 Å². The van der Waals surface area contributed by atoms with Gasteiger partial charge in [-0.1, -0.05) is 42.0 Å². The van der Waals surface area contributed by atoms with Crippen molar-refractivity contribution in [1.82, 2.24) is 10.6 Å². The maximum atomic E-state index is 13.0. The van der Waals surface area contributed by atoms with Crippen LogP contribution in [0.4, 0.5) is 4.79 Å². The molecule has 2 amide bonds. The first-order valence-electron chi connectivity index (χ1n) is 7.65. The molecule has 5 nitrogen and oxygen atoms in total. The van der Waals surface area contributed by atoms with E-state index in [1.165, 1.54) is 0 Å². The Morgan fingerprint density at radius 1 is 1.08 bits per heavy atom. The second-order valence-electron chi connectivity index (χ2n) is 5.83. The molecule has 0 aliphatic carbocycles. The SMILES string of the molecule is CC1=C(C(=O)c2ccccc2)C(c2cc(C)ccc2O)NC(=O)N1. The highest BCUT2D eigenvalue weighted by molar-refractivity contribution is 6.11. The molecular weight excluding hydrogens is 304 g/mol.